The molecule has 0 atom stereocenters. The molecule has 2 rings (SSSR count). The van der Waals surface area contributed by atoms with E-state index in [4.69, 9.17) is 5.73 Å². The summed E-state index contributed by atoms with van der Waals surface area (Å²) < 4.78 is 0. The lowest BCUT2D eigenvalue weighted by molar-refractivity contribution is 0.807. The molecule has 0 saturated heterocycles. The maximum absolute atomic E-state index is 5.14. The zero-order chi connectivity index (χ0) is 12.7. The standard InChI is InChI=1S/C12H14.C4H11N/c1-9-7-11-5-3-4-6-12(11)8-10(9)2;1-2-3-4-5/h3-6H,7-8H2,1-2H3;2-5H2,1H3. The summed E-state index contributed by atoms with van der Waals surface area (Å²) in [4.78, 5) is 0. The van der Waals surface area contributed by atoms with E-state index in [1.54, 1.807) is 11.1 Å². The lowest BCUT2D eigenvalue weighted by atomic mass is 9.88. The number of unbranched alkanes of at least 4 members (excludes halogenated alkanes) is 1. The van der Waals surface area contributed by atoms with Gasteiger partial charge in [0.05, 0.1) is 0 Å². The van der Waals surface area contributed by atoms with E-state index in [0.717, 1.165) is 19.4 Å². The van der Waals surface area contributed by atoms with Gasteiger partial charge in [-0.15, -0.1) is 0 Å². The van der Waals surface area contributed by atoms with Crippen LogP contribution in [0.2, 0.25) is 0 Å². The second kappa shape index (κ2) is 7.29. The molecule has 1 aliphatic carbocycles. The van der Waals surface area contributed by atoms with Crippen LogP contribution in [0.15, 0.2) is 35.4 Å². The number of hydrogen-bond donors (Lipinski definition) is 1. The summed E-state index contributed by atoms with van der Waals surface area (Å²) in [7, 11) is 0. The molecule has 1 aliphatic rings. The molecule has 1 aromatic carbocycles. The number of benzene rings is 1. The largest absolute Gasteiger partial charge is 0.330 e. The van der Waals surface area contributed by atoms with E-state index < -0.39 is 0 Å². The summed E-state index contributed by atoms with van der Waals surface area (Å²) in [5.74, 6) is 0. The molecule has 94 valence electrons. The Morgan fingerprint density at radius 1 is 1.00 bits per heavy atom. The van der Waals surface area contributed by atoms with E-state index >= 15 is 0 Å². The van der Waals surface area contributed by atoms with Crippen molar-refractivity contribution in [1.29, 1.82) is 0 Å². The SMILES string of the molecule is CC1=C(C)Cc2ccccc2C1.CCCCN. The molecule has 0 heterocycles. The molecule has 0 amide bonds. The molecule has 17 heavy (non-hydrogen) atoms. The Bertz CT molecular complexity index is 342. The van der Waals surface area contributed by atoms with Crippen LogP contribution in [0.5, 0.6) is 0 Å². The summed E-state index contributed by atoms with van der Waals surface area (Å²) in [6.45, 7) is 7.46. The third-order valence-corrected chi connectivity index (χ3v) is 3.32. The van der Waals surface area contributed by atoms with E-state index in [9.17, 15) is 0 Å². The smallest absolute Gasteiger partial charge is 0.00643 e. The quantitative estimate of drug-likeness (QED) is 0.768. The van der Waals surface area contributed by atoms with Gasteiger partial charge in [0.2, 0.25) is 0 Å². The highest BCUT2D eigenvalue weighted by Gasteiger charge is 2.10. The first-order valence-electron chi connectivity index (χ1n) is 6.61. The fraction of sp³-hybridized carbons (Fsp3) is 0.500. The van der Waals surface area contributed by atoms with Gasteiger partial charge in [-0.2, -0.15) is 0 Å². The molecule has 0 spiro atoms. The van der Waals surface area contributed by atoms with E-state index in [2.05, 4.69) is 45.0 Å². The van der Waals surface area contributed by atoms with Crippen molar-refractivity contribution in [1.82, 2.24) is 0 Å². The Balaban J connectivity index is 0.000000249. The zero-order valence-electron chi connectivity index (χ0n) is 11.4. The van der Waals surface area contributed by atoms with Gasteiger partial charge < -0.3 is 5.73 Å². The van der Waals surface area contributed by atoms with Crippen LogP contribution in [-0.4, -0.2) is 6.54 Å². The lowest BCUT2D eigenvalue weighted by Gasteiger charge is -2.18. The minimum Gasteiger partial charge on any atom is -0.330 e. The molecular weight excluding hydrogens is 206 g/mol. The van der Waals surface area contributed by atoms with Crippen LogP contribution >= 0.6 is 0 Å². The second-order valence-corrected chi connectivity index (χ2v) is 4.83. The number of fused-ring (bicyclic) bond motifs is 1. The first kappa shape index (κ1) is 14.0. The van der Waals surface area contributed by atoms with Crippen LogP contribution in [0.25, 0.3) is 0 Å². The fourth-order valence-corrected chi connectivity index (χ4v) is 1.98. The highest BCUT2D eigenvalue weighted by molar-refractivity contribution is 5.39. The van der Waals surface area contributed by atoms with Crippen LogP contribution in [0, 0.1) is 0 Å². The fourth-order valence-electron chi connectivity index (χ4n) is 1.98. The van der Waals surface area contributed by atoms with Crippen molar-refractivity contribution in [2.45, 2.75) is 46.5 Å². The maximum Gasteiger partial charge on any atom is -0.00643 e. The molecular formula is C16H25N. The zero-order valence-corrected chi connectivity index (χ0v) is 11.4. The third-order valence-electron chi connectivity index (χ3n) is 3.32. The van der Waals surface area contributed by atoms with Crippen LogP contribution in [0.1, 0.15) is 44.7 Å². The molecule has 2 N–H and O–H groups in total. The lowest BCUT2D eigenvalue weighted by Crippen LogP contribution is -2.04. The van der Waals surface area contributed by atoms with Gasteiger partial charge in [0, 0.05) is 0 Å². The second-order valence-electron chi connectivity index (χ2n) is 4.83. The number of rotatable bonds is 2. The van der Waals surface area contributed by atoms with E-state index in [0.29, 0.717) is 0 Å². The Hall–Kier alpha value is -1.08. The molecule has 0 radical (unpaired) electrons. The predicted molar refractivity (Wildman–Crippen MR) is 76.2 cm³/mol. The van der Waals surface area contributed by atoms with Gasteiger partial charge in [-0.1, -0.05) is 48.8 Å². The van der Waals surface area contributed by atoms with Crippen molar-refractivity contribution < 1.29 is 0 Å². The molecule has 0 aliphatic heterocycles. The highest BCUT2D eigenvalue weighted by atomic mass is 14.5. The third kappa shape index (κ3) is 4.35. The summed E-state index contributed by atoms with van der Waals surface area (Å²) in [6.07, 6.45) is 4.69. The highest BCUT2D eigenvalue weighted by Crippen LogP contribution is 2.24. The normalized spacial score (nSPS) is 13.9. The number of hydrogen-bond acceptors (Lipinski definition) is 1. The molecule has 0 saturated carbocycles. The van der Waals surface area contributed by atoms with Gasteiger partial charge in [-0.3, -0.25) is 0 Å². The Morgan fingerprint density at radius 3 is 1.76 bits per heavy atom. The molecule has 1 aromatic rings. The summed E-state index contributed by atoms with van der Waals surface area (Å²) in [5.41, 5.74) is 11.3. The molecule has 0 unspecified atom stereocenters. The number of allylic oxidation sites excluding steroid dienone is 2. The Kier molecular flexibility index (Phi) is 5.99. The van der Waals surface area contributed by atoms with Gasteiger partial charge in [-0.25, -0.2) is 0 Å². The van der Waals surface area contributed by atoms with Crippen molar-refractivity contribution >= 4 is 0 Å². The van der Waals surface area contributed by atoms with Crippen LogP contribution in [0.3, 0.4) is 0 Å². The monoisotopic (exact) mass is 231 g/mol. The minimum absolute atomic E-state index is 0.844. The average Bonchev–Trinajstić information content (AvgIpc) is 2.32. The minimum atomic E-state index is 0.844. The van der Waals surface area contributed by atoms with Gasteiger partial charge in [0.25, 0.3) is 0 Å². The summed E-state index contributed by atoms with van der Waals surface area (Å²) in [5, 5.41) is 0. The van der Waals surface area contributed by atoms with Crippen LogP contribution in [-0.2, 0) is 12.8 Å². The van der Waals surface area contributed by atoms with Crippen molar-refractivity contribution in [3.63, 3.8) is 0 Å². The van der Waals surface area contributed by atoms with Gasteiger partial charge in [0.1, 0.15) is 0 Å². The average molecular weight is 231 g/mol. The molecule has 0 fully saturated rings. The van der Waals surface area contributed by atoms with Crippen LogP contribution < -0.4 is 5.73 Å². The predicted octanol–water partition coefficient (Wildman–Crippen LogP) is 3.87. The van der Waals surface area contributed by atoms with E-state index in [-0.39, 0.29) is 0 Å². The molecule has 0 bridgehead atoms. The van der Waals surface area contributed by atoms with Crippen molar-refractivity contribution in [2.24, 2.45) is 5.73 Å². The molecule has 0 aromatic heterocycles. The van der Waals surface area contributed by atoms with Gasteiger partial charge in [-0.05, 0) is 50.8 Å². The number of nitrogens with two attached hydrogens (primary N) is 1. The first-order chi connectivity index (χ1) is 8.19. The topological polar surface area (TPSA) is 26.0 Å². The molecule has 1 nitrogen and oxygen atoms in total. The Morgan fingerprint density at radius 2 is 1.47 bits per heavy atom. The molecule has 1 heteroatoms. The van der Waals surface area contributed by atoms with Gasteiger partial charge >= 0.3 is 0 Å². The van der Waals surface area contributed by atoms with E-state index in [1.165, 1.54) is 24.0 Å². The van der Waals surface area contributed by atoms with Crippen LogP contribution in [0.4, 0.5) is 0 Å². The van der Waals surface area contributed by atoms with Crippen molar-refractivity contribution in [3.05, 3.63) is 46.5 Å². The van der Waals surface area contributed by atoms with Gasteiger partial charge in [0.15, 0.2) is 0 Å². The first-order valence-corrected chi connectivity index (χ1v) is 6.61. The Labute approximate surface area is 106 Å². The van der Waals surface area contributed by atoms with Crippen molar-refractivity contribution in [3.8, 4) is 0 Å². The summed E-state index contributed by atoms with van der Waals surface area (Å²) >= 11 is 0. The summed E-state index contributed by atoms with van der Waals surface area (Å²) in [6, 6.07) is 8.75. The van der Waals surface area contributed by atoms with E-state index in [1.807, 2.05) is 0 Å². The van der Waals surface area contributed by atoms with Crippen molar-refractivity contribution in [2.75, 3.05) is 6.54 Å². The maximum atomic E-state index is 5.14.